The van der Waals surface area contributed by atoms with Crippen molar-refractivity contribution in [1.29, 1.82) is 0 Å². The number of aromatic nitrogens is 3. The Hall–Kier alpha value is -3.45. The van der Waals surface area contributed by atoms with Crippen molar-refractivity contribution in [1.82, 2.24) is 19.9 Å². The van der Waals surface area contributed by atoms with Crippen molar-refractivity contribution in [2.45, 2.75) is 70.6 Å². The molecule has 2 saturated heterocycles. The number of anilines is 1. The van der Waals surface area contributed by atoms with Crippen molar-refractivity contribution in [3.63, 3.8) is 0 Å². The van der Waals surface area contributed by atoms with Gasteiger partial charge in [-0.15, -0.1) is 11.3 Å². The zero-order valence-corrected chi connectivity index (χ0v) is 24.6. The predicted octanol–water partition coefficient (Wildman–Crippen LogP) is 6.25. The first-order valence-electron chi connectivity index (χ1n) is 14.5. The van der Waals surface area contributed by atoms with Gasteiger partial charge in [0.1, 0.15) is 22.3 Å². The molecule has 0 radical (unpaired) electrons. The number of thiazole rings is 1. The number of Topliss-reactive ketones (excluding diaryl/α,β-unsaturated/α-hetero) is 1. The van der Waals surface area contributed by atoms with E-state index in [1.54, 1.807) is 0 Å². The van der Waals surface area contributed by atoms with E-state index in [1.165, 1.54) is 23.7 Å². The Morgan fingerprint density at radius 1 is 1.07 bits per heavy atom. The highest BCUT2D eigenvalue weighted by molar-refractivity contribution is 7.12. The second-order valence-electron chi connectivity index (χ2n) is 11.1. The summed E-state index contributed by atoms with van der Waals surface area (Å²) in [6, 6.07) is 2.78. The Morgan fingerprint density at radius 3 is 2.49 bits per heavy atom. The fraction of sp³-hybridized carbons (Fsp3) is 0.500. The third-order valence-electron chi connectivity index (χ3n) is 8.11. The molecule has 1 unspecified atom stereocenters. The molecule has 4 heterocycles. The molecule has 1 atom stereocenters. The molecule has 2 aliphatic rings. The van der Waals surface area contributed by atoms with E-state index in [1.807, 2.05) is 4.90 Å². The Labute approximate surface area is 250 Å². The topological polar surface area (TPSA) is 99.5 Å². The monoisotopic (exact) mass is 619 g/mol. The SMILES string of the molecule is CCCC1CCCN1Cc1sc(CC(=O)c2cnc(N3CCC(C(=O)O)CC3)cn2)nc1-c1cc(F)cc(C(F)(F)F)c1. The van der Waals surface area contributed by atoms with Gasteiger partial charge in [0.05, 0.1) is 36.0 Å². The molecule has 2 aliphatic heterocycles. The lowest BCUT2D eigenvalue weighted by atomic mass is 9.97. The summed E-state index contributed by atoms with van der Waals surface area (Å²) in [5.74, 6) is -1.99. The number of carboxylic acids is 1. The fourth-order valence-electron chi connectivity index (χ4n) is 5.86. The van der Waals surface area contributed by atoms with Crippen molar-refractivity contribution >= 4 is 28.9 Å². The maximum atomic E-state index is 14.4. The lowest BCUT2D eigenvalue weighted by Gasteiger charge is -2.30. The van der Waals surface area contributed by atoms with E-state index < -0.39 is 23.5 Å². The maximum absolute atomic E-state index is 14.4. The summed E-state index contributed by atoms with van der Waals surface area (Å²) in [6.07, 6.45) is 3.08. The first-order valence-corrected chi connectivity index (χ1v) is 15.3. The van der Waals surface area contributed by atoms with Gasteiger partial charge in [-0.1, -0.05) is 13.3 Å². The summed E-state index contributed by atoms with van der Waals surface area (Å²) >= 11 is 1.25. The predicted molar refractivity (Wildman–Crippen MR) is 153 cm³/mol. The molecule has 13 heteroatoms. The number of piperidine rings is 1. The molecule has 1 aromatic carbocycles. The number of alkyl halides is 3. The molecule has 0 saturated carbocycles. The summed E-state index contributed by atoms with van der Waals surface area (Å²) in [7, 11) is 0. The van der Waals surface area contributed by atoms with Crippen LogP contribution in [0.1, 0.15) is 71.4 Å². The minimum atomic E-state index is -4.72. The molecule has 0 spiro atoms. The summed E-state index contributed by atoms with van der Waals surface area (Å²) in [4.78, 5) is 42.5. The van der Waals surface area contributed by atoms with E-state index in [-0.39, 0.29) is 35.1 Å². The van der Waals surface area contributed by atoms with Crippen molar-refractivity contribution in [3.05, 3.63) is 57.6 Å². The molecule has 43 heavy (non-hydrogen) atoms. The highest BCUT2D eigenvalue weighted by Crippen LogP contribution is 2.37. The molecule has 2 fully saturated rings. The van der Waals surface area contributed by atoms with Crippen LogP contribution in [-0.2, 0) is 23.9 Å². The molecule has 3 aromatic rings. The summed E-state index contributed by atoms with van der Waals surface area (Å²) in [5, 5.41) is 9.61. The number of benzene rings is 1. The van der Waals surface area contributed by atoms with E-state index in [0.29, 0.717) is 60.3 Å². The number of carbonyl (C=O) groups excluding carboxylic acids is 1. The normalized spacial score (nSPS) is 18.3. The zero-order valence-electron chi connectivity index (χ0n) is 23.7. The second-order valence-corrected chi connectivity index (χ2v) is 12.3. The summed E-state index contributed by atoms with van der Waals surface area (Å²) < 4.78 is 54.9. The number of aliphatic carboxylic acids is 1. The average molecular weight is 620 g/mol. The number of halogens is 4. The smallest absolute Gasteiger partial charge is 0.416 e. The third-order valence-corrected chi connectivity index (χ3v) is 9.15. The van der Waals surface area contributed by atoms with E-state index in [4.69, 9.17) is 0 Å². The molecule has 230 valence electrons. The van der Waals surface area contributed by atoms with E-state index >= 15 is 0 Å². The van der Waals surface area contributed by atoms with Gasteiger partial charge < -0.3 is 10.0 Å². The molecule has 0 bridgehead atoms. The highest BCUT2D eigenvalue weighted by atomic mass is 32.1. The van der Waals surface area contributed by atoms with Gasteiger partial charge >= 0.3 is 12.1 Å². The van der Waals surface area contributed by atoms with Crippen LogP contribution in [0.15, 0.2) is 30.6 Å². The number of carboxylic acid groups (broad SMARTS) is 1. The molecule has 8 nitrogen and oxygen atoms in total. The van der Waals surface area contributed by atoms with Crippen molar-refractivity contribution in [2.24, 2.45) is 5.92 Å². The van der Waals surface area contributed by atoms with Crippen molar-refractivity contribution in [3.8, 4) is 11.3 Å². The van der Waals surface area contributed by atoms with Gasteiger partial charge in [0.25, 0.3) is 0 Å². The summed E-state index contributed by atoms with van der Waals surface area (Å²) in [5.41, 5.74) is -0.688. The van der Waals surface area contributed by atoms with Crippen molar-refractivity contribution in [2.75, 3.05) is 24.5 Å². The molecule has 1 N–H and O–H groups in total. The highest BCUT2D eigenvalue weighted by Gasteiger charge is 2.33. The van der Waals surface area contributed by atoms with Gasteiger partial charge in [-0.05, 0) is 56.8 Å². The lowest BCUT2D eigenvalue weighted by Crippen LogP contribution is -2.36. The number of carbonyl (C=O) groups is 2. The van der Waals surface area contributed by atoms with Gasteiger partial charge in [0.15, 0.2) is 5.78 Å². The molecule has 0 amide bonds. The van der Waals surface area contributed by atoms with Crippen LogP contribution in [0.25, 0.3) is 11.3 Å². The van der Waals surface area contributed by atoms with Gasteiger partial charge in [0.2, 0.25) is 0 Å². The zero-order chi connectivity index (χ0) is 30.7. The second kappa shape index (κ2) is 13.0. The first kappa shape index (κ1) is 31.0. The van der Waals surface area contributed by atoms with Gasteiger partial charge in [-0.3, -0.25) is 14.5 Å². The van der Waals surface area contributed by atoms with Crippen LogP contribution >= 0.6 is 11.3 Å². The number of rotatable bonds is 10. The van der Waals surface area contributed by atoms with Gasteiger partial charge in [-0.25, -0.2) is 19.3 Å². The number of likely N-dealkylation sites (tertiary alicyclic amines) is 1. The van der Waals surface area contributed by atoms with Crippen LogP contribution < -0.4 is 4.90 Å². The standard InChI is InChI=1S/C30H33F4N5O3S/c1-2-4-22-5-3-8-39(22)17-25-28(19-11-20(30(32,33)34)13-21(31)12-19)37-27(43-25)14-24(40)23-15-36-26(16-35-23)38-9-6-18(7-10-38)29(41)42/h11-13,15-16,18,22H,2-10,14,17H2,1H3,(H,41,42). The van der Waals surface area contributed by atoms with E-state index in [0.717, 1.165) is 44.4 Å². The molecule has 0 aliphatic carbocycles. The third kappa shape index (κ3) is 7.38. The Bertz CT molecular complexity index is 1450. The lowest BCUT2D eigenvalue weighted by molar-refractivity contribution is -0.142. The van der Waals surface area contributed by atoms with Crippen LogP contribution in [0.4, 0.5) is 23.4 Å². The largest absolute Gasteiger partial charge is 0.481 e. The first-order chi connectivity index (χ1) is 20.5. The number of hydrogen-bond acceptors (Lipinski definition) is 8. The maximum Gasteiger partial charge on any atom is 0.416 e. The van der Waals surface area contributed by atoms with E-state index in [9.17, 15) is 32.3 Å². The van der Waals surface area contributed by atoms with Crippen LogP contribution in [0.2, 0.25) is 0 Å². The van der Waals surface area contributed by atoms with Crippen LogP contribution in [0.3, 0.4) is 0 Å². The average Bonchev–Trinajstić information content (AvgIpc) is 3.59. The van der Waals surface area contributed by atoms with Crippen molar-refractivity contribution < 1.29 is 32.3 Å². The molecule has 2 aromatic heterocycles. The fourth-order valence-corrected chi connectivity index (χ4v) is 6.97. The van der Waals surface area contributed by atoms with E-state index in [2.05, 4.69) is 26.8 Å². The van der Waals surface area contributed by atoms with Crippen LogP contribution in [0, 0.1) is 11.7 Å². The minimum Gasteiger partial charge on any atom is -0.481 e. The molecule has 5 rings (SSSR count). The van der Waals surface area contributed by atoms with Gasteiger partial charge in [-0.2, -0.15) is 13.2 Å². The Kier molecular flexibility index (Phi) is 9.40. The number of nitrogens with zero attached hydrogens (tertiary/aromatic N) is 5. The number of hydrogen-bond donors (Lipinski definition) is 1. The molecular formula is C30H33F4N5O3S. The Morgan fingerprint density at radius 2 is 1.84 bits per heavy atom. The quantitative estimate of drug-likeness (QED) is 0.210. The number of ketones is 1. The minimum absolute atomic E-state index is 0.0272. The van der Waals surface area contributed by atoms with Crippen LogP contribution in [0.5, 0.6) is 0 Å². The molecular weight excluding hydrogens is 586 g/mol. The van der Waals surface area contributed by atoms with Gasteiger partial charge in [0, 0.05) is 36.1 Å². The Balaban J connectivity index is 1.37. The van der Waals surface area contributed by atoms with Crippen LogP contribution in [-0.4, -0.2) is 62.4 Å². The summed E-state index contributed by atoms with van der Waals surface area (Å²) in [6.45, 7) is 4.46.